The van der Waals surface area contributed by atoms with Gasteiger partial charge in [0.2, 0.25) is 5.91 Å². The molecule has 1 aliphatic rings. The van der Waals surface area contributed by atoms with Gasteiger partial charge in [-0.25, -0.2) is 0 Å². The summed E-state index contributed by atoms with van der Waals surface area (Å²) in [7, 11) is 3.07. The van der Waals surface area contributed by atoms with Gasteiger partial charge in [0, 0.05) is 24.2 Å². The number of amides is 2. The lowest BCUT2D eigenvalue weighted by atomic mass is 10.1. The van der Waals surface area contributed by atoms with Crippen LogP contribution in [0.2, 0.25) is 0 Å². The van der Waals surface area contributed by atoms with Gasteiger partial charge in [0.1, 0.15) is 11.5 Å². The first-order chi connectivity index (χ1) is 12.6. The molecule has 0 bridgehead atoms. The lowest BCUT2D eigenvalue weighted by Crippen LogP contribution is -2.23. The number of ether oxygens (including phenoxy) is 2. The third-order valence-electron chi connectivity index (χ3n) is 4.28. The number of nitrogens with one attached hydrogen (secondary N) is 2. The second-order valence-electron chi connectivity index (χ2n) is 6.21. The molecule has 2 aromatic carbocycles. The quantitative estimate of drug-likeness (QED) is 0.801. The molecule has 0 unspecified atom stereocenters. The van der Waals surface area contributed by atoms with E-state index in [0.29, 0.717) is 23.6 Å². The van der Waals surface area contributed by atoms with E-state index in [9.17, 15) is 9.59 Å². The maximum absolute atomic E-state index is 12.4. The Morgan fingerprint density at radius 3 is 2.38 bits per heavy atom. The standard InChI is InChI=1S/C20H22N2O4/c1-25-16-9-10-17(18(11-16)26-2)20(24)21-12-13-3-7-15(8-4-13)22-19(23)14-5-6-14/h3-4,7-11,14H,5-6,12H2,1-2H3,(H,21,24)(H,22,23). The van der Waals surface area contributed by atoms with E-state index in [0.717, 1.165) is 24.1 Å². The first kappa shape index (κ1) is 17.8. The summed E-state index contributed by atoms with van der Waals surface area (Å²) in [5.74, 6) is 1.11. The predicted molar refractivity (Wildman–Crippen MR) is 98.5 cm³/mol. The highest BCUT2D eigenvalue weighted by Gasteiger charge is 2.29. The summed E-state index contributed by atoms with van der Waals surface area (Å²) >= 11 is 0. The SMILES string of the molecule is COc1ccc(C(=O)NCc2ccc(NC(=O)C3CC3)cc2)c(OC)c1. The maximum Gasteiger partial charge on any atom is 0.255 e. The van der Waals surface area contributed by atoms with Crippen molar-refractivity contribution in [3.8, 4) is 11.5 Å². The van der Waals surface area contributed by atoms with Crippen molar-refractivity contribution < 1.29 is 19.1 Å². The molecule has 0 atom stereocenters. The largest absolute Gasteiger partial charge is 0.497 e. The highest BCUT2D eigenvalue weighted by molar-refractivity contribution is 5.97. The van der Waals surface area contributed by atoms with Crippen LogP contribution in [-0.2, 0) is 11.3 Å². The molecule has 1 saturated carbocycles. The van der Waals surface area contributed by atoms with Gasteiger partial charge in [-0.15, -0.1) is 0 Å². The second kappa shape index (κ2) is 7.91. The molecule has 6 heteroatoms. The Morgan fingerprint density at radius 1 is 1.04 bits per heavy atom. The number of hydrogen-bond donors (Lipinski definition) is 2. The summed E-state index contributed by atoms with van der Waals surface area (Å²) < 4.78 is 10.4. The molecular formula is C20H22N2O4. The molecule has 26 heavy (non-hydrogen) atoms. The van der Waals surface area contributed by atoms with Crippen LogP contribution in [0.15, 0.2) is 42.5 Å². The van der Waals surface area contributed by atoms with E-state index in [1.54, 1.807) is 25.3 Å². The molecule has 0 aliphatic heterocycles. The Morgan fingerprint density at radius 2 is 1.77 bits per heavy atom. The first-order valence-electron chi connectivity index (χ1n) is 8.50. The van der Waals surface area contributed by atoms with E-state index in [4.69, 9.17) is 9.47 Å². The van der Waals surface area contributed by atoms with E-state index >= 15 is 0 Å². The number of carbonyl (C=O) groups excluding carboxylic acids is 2. The Kier molecular flexibility index (Phi) is 5.41. The molecule has 2 N–H and O–H groups in total. The van der Waals surface area contributed by atoms with Crippen LogP contribution in [0, 0.1) is 5.92 Å². The van der Waals surface area contributed by atoms with Crippen LogP contribution < -0.4 is 20.1 Å². The normalized spacial score (nSPS) is 13.0. The average molecular weight is 354 g/mol. The molecule has 3 rings (SSSR count). The van der Waals surface area contributed by atoms with Crippen molar-refractivity contribution in [2.75, 3.05) is 19.5 Å². The third kappa shape index (κ3) is 4.33. The zero-order chi connectivity index (χ0) is 18.5. The van der Waals surface area contributed by atoms with Crippen LogP contribution in [-0.4, -0.2) is 26.0 Å². The minimum Gasteiger partial charge on any atom is -0.497 e. The summed E-state index contributed by atoms with van der Waals surface area (Å²) in [5, 5.41) is 5.76. The fourth-order valence-electron chi connectivity index (χ4n) is 2.56. The van der Waals surface area contributed by atoms with Gasteiger partial charge >= 0.3 is 0 Å². The summed E-state index contributed by atoms with van der Waals surface area (Å²) in [4.78, 5) is 24.2. The number of carbonyl (C=O) groups is 2. The molecule has 1 aliphatic carbocycles. The molecule has 136 valence electrons. The van der Waals surface area contributed by atoms with Crippen molar-refractivity contribution in [1.29, 1.82) is 0 Å². The number of benzene rings is 2. The van der Waals surface area contributed by atoms with Crippen LogP contribution >= 0.6 is 0 Å². The van der Waals surface area contributed by atoms with Gasteiger partial charge in [-0.05, 0) is 42.7 Å². The zero-order valence-corrected chi connectivity index (χ0v) is 14.9. The van der Waals surface area contributed by atoms with Crippen LogP contribution in [0.5, 0.6) is 11.5 Å². The number of hydrogen-bond acceptors (Lipinski definition) is 4. The average Bonchev–Trinajstić information content (AvgIpc) is 3.52. The smallest absolute Gasteiger partial charge is 0.255 e. The van der Waals surface area contributed by atoms with Gasteiger partial charge in [-0.1, -0.05) is 12.1 Å². The number of anilines is 1. The summed E-state index contributed by atoms with van der Waals surface area (Å²) in [6, 6.07) is 12.5. The fourth-order valence-corrected chi connectivity index (χ4v) is 2.56. The molecule has 0 aromatic heterocycles. The van der Waals surface area contributed by atoms with Crippen molar-refractivity contribution in [3.63, 3.8) is 0 Å². The van der Waals surface area contributed by atoms with E-state index < -0.39 is 0 Å². The highest BCUT2D eigenvalue weighted by Crippen LogP contribution is 2.30. The minimum absolute atomic E-state index is 0.0812. The molecule has 2 aromatic rings. The van der Waals surface area contributed by atoms with Gasteiger partial charge in [-0.2, -0.15) is 0 Å². The van der Waals surface area contributed by atoms with Crippen molar-refractivity contribution in [2.45, 2.75) is 19.4 Å². The lowest BCUT2D eigenvalue weighted by molar-refractivity contribution is -0.117. The summed E-state index contributed by atoms with van der Waals surface area (Å²) in [6.45, 7) is 0.380. The second-order valence-corrected chi connectivity index (χ2v) is 6.21. The van der Waals surface area contributed by atoms with Gasteiger partial charge in [0.05, 0.1) is 19.8 Å². The molecule has 1 fully saturated rings. The molecule has 0 radical (unpaired) electrons. The van der Waals surface area contributed by atoms with E-state index in [1.165, 1.54) is 7.11 Å². The van der Waals surface area contributed by atoms with Gasteiger partial charge in [-0.3, -0.25) is 9.59 Å². The number of rotatable bonds is 7. The molecule has 0 spiro atoms. The van der Waals surface area contributed by atoms with E-state index in [-0.39, 0.29) is 17.7 Å². The van der Waals surface area contributed by atoms with Crippen LogP contribution in [0.1, 0.15) is 28.8 Å². The molecule has 2 amide bonds. The minimum atomic E-state index is -0.226. The summed E-state index contributed by atoms with van der Waals surface area (Å²) in [6.07, 6.45) is 1.95. The molecule has 0 heterocycles. The Bertz CT molecular complexity index is 798. The Hall–Kier alpha value is -3.02. The first-order valence-corrected chi connectivity index (χ1v) is 8.50. The van der Waals surface area contributed by atoms with Crippen molar-refractivity contribution in [3.05, 3.63) is 53.6 Å². The lowest BCUT2D eigenvalue weighted by Gasteiger charge is -2.11. The van der Waals surface area contributed by atoms with Gasteiger partial charge in [0.15, 0.2) is 0 Å². The van der Waals surface area contributed by atoms with Crippen molar-refractivity contribution >= 4 is 17.5 Å². The van der Waals surface area contributed by atoms with Crippen LogP contribution in [0.25, 0.3) is 0 Å². The number of methoxy groups -OCH3 is 2. The zero-order valence-electron chi connectivity index (χ0n) is 14.9. The monoisotopic (exact) mass is 354 g/mol. The van der Waals surface area contributed by atoms with Crippen LogP contribution in [0.3, 0.4) is 0 Å². The molecule has 0 saturated heterocycles. The maximum atomic E-state index is 12.4. The molecule has 6 nitrogen and oxygen atoms in total. The molecular weight excluding hydrogens is 332 g/mol. The highest BCUT2D eigenvalue weighted by atomic mass is 16.5. The van der Waals surface area contributed by atoms with E-state index in [1.807, 2.05) is 24.3 Å². The van der Waals surface area contributed by atoms with Gasteiger partial charge in [0.25, 0.3) is 5.91 Å². The van der Waals surface area contributed by atoms with Crippen molar-refractivity contribution in [1.82, 2.24) is 5.32 Å². The topological polar surface area (TPSA) is 76.7 Å². The third-order valence-corrected chi connectivity index (χ3v) is 4.28. The predicted octanol–water partition coefficient (Wildman–Crippen LogP) is 2.98. The Balaban J connectivity index is 1.58. The van der Waals surface area contributed by atoms with Crippen molar-refractivity contribution in [2.24, 2.45) is 5.92 Å². The van der Waals surface area contributed by atoms with Crippen LogP contribution in [0.4, 0.5) is 5.69 Å². The fraction of sp³-hybridized carbons (Fsp3) is 0.300. The van der Waals surface area contributed by atoms with Gasteiger partial charge < -0.3 is 20.1 Å². The Labute approximate surface area is 152 Å². The summed E-state index contributed by atoms with van der Waals surface area (Å²) in [5.41, 5.74) is 2.16. The van der Waals surface area contributed by atoms with E-state index in [2.05, 4.69) is 10.6 Å².